The average molecular weight is 596 g/mol. The first-order valence-corrected chi connectivity index (χ1v) is 15.4. The molecule has 0 bridgehead atoms. The summed E-state index contributed by atoms with van der Waals surface area (Å²) in [5.41, 5.74) is 4.25. The van der Waals surface area contributed by atoms with Crippen molar-refractivity contribution in [3.8, 4) is 11.8 Å². The highest BCUT2D eigenvalue weighted by Crippen LogP contribution is 2.39. The summed E-state index contributed by atoms with van der Waals surface area (Å²) < 4.78 is 10.9. The van der Waals surface area contributed by atoms with E-state index in [1.54, 1.807) is 37.4 Å². The summed E-state index contributed by atoms with van der Waals surface area (Å²) >= 11 is 1.08. The highest BCUT2D eigenvalue weighted by Gasteiger charge is 2.33. The number of nitrogens with one attached hydrogen (secondary N) is 1. The lowest BCUT2D eigenvalue weighted by Gasteiger charge is -2.31. The predicted molar refractivity (Wildman–Crippen MR) is 164 cm³/mol. The maximum Gasteiger partial charge on any atom is 0.428 e. The van der Waals surface area contributed by atoms with Crippen LogP contribution in [-0.4, -0.2) is 54.5 Å². The Morgan fingerprint density at radius 1 is 1.05 bits per heavy atom. The first-order chi connectivity index (χ1) is 19.9. The Hall–Kier alpha value is -3.55. The number of rotatable bonds is 7. The molecule has 1 saturated carbocycles. The van der Waals surface area contributed by atoms with Gasteiger partial charge in [-0.3, -0.25) is 15.1 Å². The van der Waals surface area contributed by atoms with Crippen LogP contribution < -0.4 is 10.3 Å². The number of carboxylic acids is 1. The summed E-state index contributed by atoms with van der Waals surface area (Å²) in [5.74, 6) is 5.42. The van der Waals surface area contributed by atoms with Crippen LogP contribution in [0.1, 0.15) is 80.8 Å². The van der Waals surface area contributed by atoms with Crippen molar-refractivity contribution in [3.05, 3.63) is 40.1 Å². The van der Waals surface area contributed by atoms with E-state index in [1.165, 1.54) is 9.91 Å². The number of carbonyl (C=O) groups excluding carboxylic acids is 2. The molecule has 1 aromatic carbocycles. The van der Waals surface area contributed by atoms with Crippen molar-refractivity contribution < 1.29 is 29.0 Å². The third-order valence-electron chi connectivity index (χ3n) is 7.43. The van der Waals surface area contributed by atoms with Gasteiger partial charge in [0.15, 0.2) is 0 Å². The molecule has 0 radical (unpaired) electrons. The van der Waals surface area contributed by atoms with E-state index >= 15 is 0 Å². The molecular formula is C32H41N3O6S. The van der Waals surface area contributed by atoms with Crippen molar-refractivity contribution in [3.63, 3.8) is 0 Å². The van der Waals surface area contributed by atoms with Gasteiger partial charge in [0.1, 0.15) is 11.0 Å². The zero-order valence-corrected chi connectivity index (χ0v) is 25.9. The maximum absolute atomic E-state index is 14.1. The molecule has 2 amide bonds. The number of nitrogens with zero attached hydrogens (tertiary/aromatic N) is 2. The minimum Gasteiger partial charge on any atom is -0.477 e. The second-order valence-corrected chi connectivity index (χ2v) is 13.2. The standard InChI is InChI=1S/C32H41N3O6S/c1-21-6-8-22(9-7-21)29(36)35(27-20-26(14-17-32(2,3)4)42-28(27)30(37)38)24-12-10-23(11-13-24)33-34(5)31(39)41-25-15-18-40-19-16-25/h10-13,20-22,25,33H,6-9,15-16,18-19H2,1-5H3,(H,37,38). The first-order valence-electron chi connectivity index (χ1n) is 14.5. The summed E-state index contributed by atoms with van der Waals surface area (Å²) in [4.78, 5) is 41.2. The largest absolute Gasteiger partial charge is 0.477 e. The maximum atomic E-state index is 14.1. The number of hydrogen-bond acceptors (Lipinski definition) is 7. The molecule has 2 aromatic rings. The van der Waals surface area contributed by atoms with Crippen LogP contribution in [0.5, 0.6) is 0 Å². The van der Waals surface area contributed by atoms with Gasteiger partial charge in [-0.1, -0.05) is 18.8 Å². The number of benzene rings is 1. The van der Waals surface area contributed by atoms with Crippen molar-refractivity contribution in [1.29, 1.82) is 0 Å². The monoisotopic (exact) mass is 595 g/mol. The molecule has 1 aliphatic carbocycles. The van der Waals surface area contributed by atoms with Gasteiger partial charge in [0.05, 0.1) is 29.5 Å². The number of carboxylic acid groups (broad SMARTS) is 1. The minimum atomic E-state index is -1.10. The summed E-state index contributed by atoms with van der Waals surface area (Å²) in [5, 5.41) is 11.4. The molecular weight excluding hydrogens is 554 g/mol. The number of ether oxygens (including phenoxy) is 2. The van der Waals surface area contributed by atoms with Gasteiger partial charge < -0.3 is 14.6 Å². The fraction of sp³-hybridized carbons (Fsp3) is 0.531. The van der Waals surface area contributed by atoms with Gasteiger partial charge in [-0.05, 0) is 82.7 Å². The number of hydrogen-bond donors (Lipinski definition) is 2. The van der Waals surface area contributed by atoms with Gasteiger partial charge in [0.2, 0.25) is 5.91 Å². The lowest BCUT2D eigenvalue weighted by molar-refractivity contribution is -0.122. The summed E-state index contributed by atoms with van der Waals surface area (Å²) in [6.45, 7) is 9.31. The molecule has 0 unspecified atom stereocenters. The molecule has 42 heavy (non-hydrogen) atoms. The van der Waals surface area contributed by atoms with Gasteiger partial charge in [-0.25, -0.2) is 14.6 Å². The zero-order valence-electron chi connectivity index (χ0n) is 25.1. The number of aromatic carboxylic acids is 1. The highest BCUT2D eigenvalue weighted by molar-refractivity contribution is 7.15. The normalized spacial score (nSPS) is 19.3. The Balaban J connectivity index is 1.61. The Kier molecular flexibility index (Phi) is 10.2. The third kappa shape index (κ3) is 8.26. The fourth-order valence-corrected chi connectivity index (χ4v) is 5.86. The van der Waals surface area contributed by atoms with Crippen LogP contribution in [0.4, 0.5) is 21.9 Å². The molecule has 2 heterocycles. The third-order valence-corrected chi connectivity index (χ3v) is 8.45. The second kappa shape index (κ2) is 13.6. The smallest absolute Gasteiger partial charge is 0.428 e. The number of amides is 2. The van der Waals surface area contributed by atoms with Gasteiger partial charge in [0, 0.05) is 36.9 Å². The zero-order chi connectivity index (χ0) is 30.4. The summed E-state index contributed by atoms with van der Waals surface area (Å²) in [6.07, 6.45) is 4.11. The molecule has 1 saturated heterocycles. The molecule has 1 aliphatic heterocycles. The highest BCUT2D eigenvalue weighted by atomic mass is 32.1. The Labute approximate surface area is 252 Å². The van der Waals surface area contributed by atoms with Crippen molar-refractivity contribution in [2.24, 2.45) is 17.3 Å². The molecule has 2 N–H and O–H groups in total. The lowest BCUT2D eigenvalue weighted by atomic mass is 9.82. The van der Waals surface area contributed by atoms with Crippen molar-refractivity contribution in [2.45, 2.75) is 72.3 Å². The molecule has 0 spiro atoms. The summed E-state index contributed by atoms with van der Waals surface area (Å²) in [7, 11) is 1.58. The van der Waals surface area contributed by atoms with Crippen LogP contribution in [0.25, 0.3) is 0 Å². The molecule has 10 heteroatoms. The van der Waals surface area contributed by atoms with Crippen LogP contribution in [-0.2, 0) is 14.3 Å². The SMILES string of the molecule is CC1CCC(C(=O)N(c2ccc(NN(C)C(=O)OC3CCOCC3)cc2)c2cc(C#CC(C)(C)C)sc2C(=O)O)CC1. The van der Waals surface area contributed by atoms with Gasteiger partial charge >= 0.3 is 12.1 Å². The lowest BCUT2D eigenvalue weighted by Crippen LogP contribution is -2.37. The van der Waals surface area contributed by atoms with E-state index in [-0.39, 0.29) is 28.2 Å². The van der Waals surface area contributed by atoms with Crippen molar-refractivity contribution in [2.75, 3.05) is 30.6 Å². The first kappa shape index (κ1) is 31.4. The molecule has 4 rings (SSSR count). The van der Waals surface area contributed by atoms with Crippen molar-refractivity contribution >= 4 is 46.4 Å². The van der Waals surface area contributed by atoms with Crippen LogP contribution in [0, 0.1) is 29.1 Å². The van der Waals surface area contributed by atoms with E-state index in [0.717, 1.165) is 37.0 Å². The minimum absolute atomic E-state index is 0.0727. The Bertz CT molecular complexity index is 1320. The molecule has 2 aliphatic rings. The van der Waals surface area contributed by atoms with E-state index in [4.69, 9.17) is 9.47 Å². The van der Waals surface area contributed by atoms with Gasteiger partial charge in [0.25, 0.3) is 0 Å². The van der Waals surface area contributed by atoms with E-state index in [0.29, 0.717) is 53.9 Å². The van der Waals surface area contributed by atoms with E-state index < -0.39 is 12.1 Å². The van der Waals surface area contributed by atoms with E-state index in [1.807, 2.05) is 20.8 Å². The van der Waals surface area contributed by atoms with Crippen LogP contribution >= 0.6 is 11.3 Å². The van der Waals surface area contributed by atoms with Crippen molar-refractivity contribution in [1.82, 2.24) is 5.01 Å². The second-order valence-electron chi connectivity index (χ2n) is 12.2. The van der Waals surface area contributed by atoms with E-state index in [2.05, 4.69) is 24.2 Å². The average Bonchev–Trinajstić information content (AvgIpc) is 3.38. The number of thiophene rings is 1. The molecule has 9 nitrogen and oxygen atoms in total. The number of hydrazine groups is 1. The number of carbonyl (C=O) groups is 3. The van der Waals surface area contributed by atoms with Gasteiger partial charge in [-0.2, -0.15) is 0 Å². The molecule has 0 atom stereocenters. The Morgan fingerprint density at radius 2 is 1.69 bits per heavy atom. The molecule has 2 fully saturated rings. The van der Waals surface area contributed by atoms with Gasteiger partial charge in [-0.15, -0.1) is 11.3 Å². The van der Waals surface area contributed by atoms with Crippen LogP contribution in [0.3, 0.4) is 0 Å². The summed E-state index contributed by atoms with van der Waals surface area (Å²) in [6, 6.07) is 8.73. The quantitative estimate of drug-likeness (QED) is 0.265. The van der Waals surface area contributed by atoms with Crippen LogP contribution in [0.2, 0.25) is 0 Å². The molecule has 226 valence electrons. The fourth-order valence-electron chi connectivity index (χ4n) is 5.03. The number of anilines is 3. The van der Waals surface area contributed by atoms with E-state index in [9.17, 15) is 19.5 Å². The van der Waals surface area contributed by atoms with Crippen LogP contribution in [0.15, 0.2) is 30.3 Å². The molecule has 1 aromatic heterocycles. The Morgan fingerprint density at radius 3 is 2.29 bits per heavy atom. The predicted octanol–water partition coefficient (Wildman–Crippen LogP) is 6.91. The topological polar surface area (TPSA) is 108 Å².